The second-order valence-corrected chi connectivity index (χ2v) is 7.11. The Morgan fingerprint density at radius 1 is 1.27 bits per heavy atom. The minimum atomic E-state index is -0.0637. The largest absolute Gasteiger partial charge is 0.497 e. The number of methoxy groups -OCH3 is 1. The minimum absolute atomic E-state index is 0.00562. The fraction of sp³-hybridized carbons (Fsp3) is 0.190. The maximum absolute atomic E-state index is 12.9. The quantitative estimate of drug-likeness (QED) is 0.638. The molecule has 0 radical (unpaired) electrons. The van der Waals surface area contributed by atoms with Gasteiger partial charge in [-0.3, -0.25) is 4.79 Å². The van der Waals surface area contributed by atoms with Gasteiger partial charge in [-0.1, -0.05) is 12.1 Å². The Morgan fingerprint density at radius 3 is 2.85 bits per heavy atom. The second kappa shape index (κ2) is 7.22. The molecule has 2 aromatic heterocycles. The van der Waals surface area contributed by atoms with E-state index in [1.165, 1.54) is 10.4 Å². The van der Waals surface area contributed by atoms with Crippen LogP contribution in [0.4, 0.5) is 0 Å². The summed E-state index contributed by atoms with van der Waals surface area (Å²) in [5.74, 6) is 0.819. The van der Waals surface area contributed by atoms with Crippen LogP contribution >= 0.6 is 11.3 Å². The zero-order valence-electron chi connectivity index (χ0n) is 14.4. The first-order valence-corrected chi connectivity index (χ1v) is 9.35. The third-order valence-corrected chi connectivity index (χ3v) is 5.65. The van der Waals surface area contributed by atoms with E-state index >= 15 is 0 Å². The standard InChI is InChI=1S/C21H19NO3S/c1-24-18-5-3-16(4-6-18)20-21-17(10-13-26-21)8-11-22(20)19(23)7-2-15-9-12-25-14-15/h2-7,9-10,12-14,20H,8,11H2,1H3. The maximum Gasteiger partial charge on any atom is 0.247 e. The van der Waals surface area contributed by atoms with E-state index in [9.17, 15) is 4.79 Å². The van der Waals surface area contributed by atoms with Crippen LogP contribution in [0.3, 0.4) is 0 Å². The molecule has 0 aliphatic carbocycles. The van der Waals surface area contributed by atoms with E-state index < -0.39 is 0 Å². The van der Waals surface area contributed by atoms with E-state index in [4.69, 9.17) is 9.15 Å². The Bertz CT molecular complexity index is 909. The van der Waals surface area contributed by atoms with Gasteiger partial charge in [-0.2, -0.15) is 0 Å². The molecule has 1 unspecified atom stereocenters. The highest BCUT2D eigenvalue weighted by atomic mass is 32.1. The Hall–Kier alpha value is -2.79. The molecule has 0 spiro atoms. The summed E-state index contributed by atoms with van der Waals surface area (Å²) < 4.78 is 10.3. The molecule has 1 aliphatic rings. The number of hydrogen-bond donors (Lipinski definition) is 0. The van der Waals surface area contributed by atoms with Gasteiger partial charge < -0.3 is 14.1 Å². The molecular weight excluding hydrogens is 346 g/mol. The van der Waals surface area contributed by atoms with Crippen LogP contribution in [0.1, 0.15) is 27.6 Å². The molecule has 0 N–H and O–H groups in total. The molecule has 1 aliphatic heterocycles. The smallest absolute Gasteiger partial charge is 0.247 e. The molecule has 5 heteroatoms. The van der Waals surface area contributed by atoms with Gasteiger partial charge in [0.25, 0.3) is 0 Å². The number of furan rings is 1. The number of fused-ring (bicyclic) bond motifs is 1. The SMILES string of the molecule is COc1ccc(C2c3sccc3CCN2C(=O)C=Cc2ccoc2)cc1. The van der Waals surface area contributed by atoms with Crippen LogP contribution in [0.25, 0.3) is 6.08 Å². The number of rotatable bonds is 4. The van der Waals surface area contributed by atoms with Gasteiger partial charge in [-0.15, -0.1) is 11.3 Å². The molecule has 0 bridgehead atoms. The van der Waals surface area contributed by atoms with E-state index in [2.05, 4.69) is 11.4 Å². The maximum atomic E-state index is 12.9. The molecule has 1 amide bonds. The molecule has 0 fully saturated rings. The van der Waals surface area contributed by atoms with Crippen molar-refractivity contribution in [3.05, 3.63) is 81.9 Å². The monoisotopic (exact) mass is 365 g/mol. The highest BCUT2D eigenvalue weighted by Gasteiger charge is 2.32. The molecule has 3 aromatic rings. The van der Waals surface area contributed by atoms with Crippen LogP contribution in [-0.2, 0) is 11.2 Å². The van der Waals surface area contributed by atoms with Crippen LogP contribution < -0.4 is 4.74 Å². The third kappa shape index (κ3) is 3.18. The third-order valence-electron chi connectivity index (χ3n) is 4.64. The predicted octanol–water partition coefficient (Wildman–Crippen LogP) is 4.54. The molecule has 4 nitrogen and oxygen atoms in total. The minimum Gasteiger partial charge on any atom is -0.497 e. The van der Waals surface area contributed by atoms with Crippen LogP contribution in [0, 0.1) is 0 Å². The molecule has 1 atom stereocenters. The predicted molar refractivity (Wildman–Crippen MR) is 102 cm³/mol. The van der Waals surface area contributed by atoms with Gasteiger partial charge in [0.1, 0.15) is 5.75 Å². The van der Waals surface area contributed by atoms with Gasteiger partial charge in [-0.05, 0) is 53.3 Å². The summed E-state index contributed by atoms with van der Waals surface area (Å²) in [5, 5.41) is 2.11. The summed E-state index contributed by atoms with van der Waals surface area (Å²) in [7, 11) is 1.66. The number of benzene rings is 1. The summed E-state index contributed by atoms with van der Waals surface area (Å²) in [6.07, 6.45) is 7.53. The average molecular weight is 365 g/mol. The lowest BCUT2D eigenvalue weighted by Crippen LogP contribution is -2.39. The molecule has 4 rings (SSSR count). The fourth-order valence-electron chi connectivity index (χ4n) is 3.29. The van der Waals surface area contributed by atoms with Crippen molar-refractivity contribution in [2.24, 2.45) is 0 Å². The van der Waals surface area contributed by atoms with Gasteiger partial charge in [0, 0.05) is 23.1 Å². The second-order valence-electron chi connectivity index (χ2n) is 6.16. The van der Waals surface area contributed by atoms with Crippen LogP contribution in [0.15, 0.2) is 64.8 Å². The first-order valence-electron chi connectivity index (χ1n) is 8.47. The highest BCUT2D eigenvalue weighted by Crippen LogP contribution is 2.39. The summed E-state index contributed by atoms with van der Waals surface area (Å²) in [6.45, 7) is 0.703. The van der Waals surface area contributed by atoms with Gasteiger partial charge in [0.15, 0.2) is 0 Å². The summed E-state index contributed by atoms with van der Waals surface area (Å²) in [5.41, 5.74) is 3.31. The lowest BCUT2D eigenvalue weighted by molar-refractivity contribution is -0.127. The first-order chi connectivity index (χ1) is 12.8. The fourth-order valence-corrected chi connectivity index (χ4v) is 4.39. The van der Waals surface area contributed by atoms with Crippen molar-refractivity contribution in [2.75, 3.05) is 13.7 Å². The zero-order valence-corrected chi connectivity index (χ0v) is 15.2. The summed E-state index contributed by atoms with van der Waals surface area (Å²) in [4.78, 5) is 16.1. The molecular formula is C21H19NO3S. The number of ether oxygens (including phenoxy) is 1. The number of hydrogen-bond acceptors (Lipinski definition) is 4. The summed E-state index contributed by atoms with van der Waals surface area (Å²) >= 11 is 1.71. The molecule has 3 heterocycles. The van der Waals surface area contributed by atoms with Gasteiger partial charge in [0.2, 0.25) is 5.91 Å². The number of nitrogens with zero attached hydrogens (tertiary/aromatic N) is 1. The van der Waals surface area contributed by atoms with E-state index in [0.29, 0.717) is 6.54 Å². The first kappa shape index (κ1) is 16.7. The highest BCUT2D eigenvalue weighted by molar-refractivity contribution is 7.10. The van der Waals surface area contributed by atoms with Crippen LogP contribution in [0.2, 0.25) is 0 Å². The van der Waals surface area contributed by atoms with Crippen molar-refractivity contribution in [3.8, 4) is 5.75 Å². The average Bonchev–Trinajstić information content (AvgIpc) is 3.37. The number of amides is 1. The van der Waals surface area contributed by atoms with Crippen molar-refractivity contribution in [1.29, 1.82) is 0 Å². The van der Waals surface area contributed by atoms with Crippen LogP contribution in [0.5, 0.6) is 5.75 Å². The van der Waals surface area contributed by atoms with Crippen molar-refractivity contribution in [1.82, 2.24) is 4.90 Å². The Morgan fingerprint density at radius 2 is 2.12 bits per heavy atom. The Balaban J connectivity index is 1.67. The molecule has 1 aromatic carbocycles. The topological polar surface area (TPSA) is 42.7 Å². The normalized spacial score (nSPS) is 16.7. The number of thiophene rings is 1. The van der Waals surface area contributed by atoms with E-state index in [-0.39, 0.29) is 11.9 Å². The lowest BCUT2D eigenvalue weighted by Gasteiger charge is -2.35. The van der Waals surface area contributed by atoms with Gasteiger partial charge >= 0.3 is 0 Å². The number of carbonyl (C=O) groups excluding carboxylic acids is 1. The van der Waals surface area contributed by atoms with Crippen LogP contribution in [-0.4, -0.2) is 24.5 Å². The number of carbonyl (C=O) groups is 1. The molecule has 0 saturated heterocycles. The van der Waals surface area contributed by atoms with Gasteiger partial charge in [0.05, 0.1) is 25.7 Å². The Labute approximate surface area is 156 Å². The zero-order chi connectivity index (χ0) is 17.9. The van der Waals surface area contributed by atoms with E-state index in [0.717, 1.165) is 23.3 Å². The molecule has 26 heavy (non-hydrogen) atoms. The van der Waals surface area contributed by atoms with Crippen molar-refractivity contribution < 1.29 is 13.9 Å². The van der Waals surface area contributed by atoms with Gasteiger partial charge in [-0.25, -0.2) is 0 Å². The lowest BCUT2D eigenvalue weighted by atomic mass is 9.95. The van der Waals surface area contributed by atoms with E-state index in [1.807, 2.05) is 35.2 Å². The molecule has 132 valence electrons. The van der Waals surface area contributed by atoms with Crippen molar-refractivity contribution in [2.45, 2.75) is 12.5 Å². The summed E-state index contributed by atoms with van der Waals surface area (Å²) in [6, 6.07) is 11.9. The van der Waals surface area contributed by atoms with Crippen molar-refractivity contribution in [3.63, 3.8) is 0 Å². The van der Waals surface area contributed by atoms with Crippen molar-refractivity contribution >= 4 is 23.3 Å². The Kier molecular flexibility index (Phi) is 4.63. The molecule has 0 saturated carbocycles. The van der Waals surface area contributed by atoms with E-state index in [1.54, 1.807) is 43.1 Å².